The van der Waals surface area contributed by atoms with Crippen molar-refractivity contribution in [1.82, 2.24) is 20.4 Å². The van der Waals surface area contributed by atoms with Crippen LogP contribution < -0.4 is 15.4 Å². The number of rotatable bonds is 9. The predicted octanol–water partition coefficient (Wildman–Crippen LogP) is 2.74. The summed E-state index contributed by atoms with van der Waals surface area (Å²) < 4.78 is 5.21. The van der Waals surface area contributed by atoms with Crippen LogP contribution in [0.25, 0.3) is 0 Å². The van der Waals surface area contributed by atoms with Crippen molar-refractivity contribution in [2.45, 2.75) is 26.4 Å². The molecule has 0 saturated carbocycles. The number of piperazine rings is 1. The molecule has 6 heteroatoms. The van der Waals surface area contributed by atoms with E-state index >= 15 is 0 Å². The second kappa shape index (κ2) is 12.3. The molecule has 0 atom stereocenters. The van der Waals surface area contributed by atoms with E-state index in [0.29, 0.717) is 0 Å². The summed E-state index contributed by atoms with van der Waals surface area (Å²) in [5.74, 6) is 1.71. The highest BCUT2D eigenvalue weighted by Crippen LogP contribution is 2.12. The molecule has 168 valence electrons. The highest BCUT2D eigenvalue weighted by atomic mass is 16.5. The van der Waals surface area contributed by atoms with Crippen molar-refractivity contribution in [1.29, 1.82) is 0 Å². The lowest BCUT2D eigenvalue weighted by atomic mass is 10.1. The van der Waals surface area contributed by atoms with Crippen molar-refractivity contribution in [3.8, 4) is 5.75 Å². The van der Waals surface area contributed by atoms with Crippen LogP contribution in [-0.2, 0) is 19.5 Å². The van der Waals surface area contributed by atoms with Crippen LogP contribution in [0.15, 0.2) is 53.5 Å². The highest BCUT2D eigenvalue weighted by molar-refractivity contribution is 5.79. The fourth-order valence-electron chi connectivity index (χ4n) is 3.81. The first-order valence-electron chi connectivity index (χ1n) is 11.3. The van der Waals surface area contributed by atoms with E-state index in [4.69, 9.17) is 4.74 Å². The number of hydrogen-bond acceptors (Lipinski definition) is 4. The van der Waals surface area contributed by atoms with E-state index in [2.05, 4.69) is 68.7 Å². The van der Waals surface area contributed by atoms with E-state index in [1.54, 1.807) is 7.11 Å². The van der Waals surface area contributed by atoms with E-state index in [9.17, 15) is 0 Å². The van der Waals surface area contributed by atoms with E-state index < -0.39 is 0 Å². The zero-order valence-corrected chi connectivity index (χ0v) is 19.2. The minimum absolute atomic E-state index is 0.762. The van der Waals surface area contributed by atoms with Gasteiger partial charge in [-0.2, -0.15) is 0 Å². The normalized spacial score (nSPS) is 15.6. The second-order valence-corrected chi connectivity index (χ2v) is 7.98. The van der Waals surface area contributed by atoms with Crippen LogP contribution in [0.1, 0.15) is 23.6 Å². The molecule has 0 amide bonds. The maximum absolute atomic E-state index is 5.21. The first-order chi connectivity index (χ1) is 15.2. The first kappa shape index (κ1) is 23.1. The molecule has 2 aromatic carbocycles. The molecule has 0 bridgehead atoms. The van der Waals surface area contributed by atoms with Gasteiger partial charge in [-0.1, -0.05) is 43.3 Å². The van der Waals surface area contributed by atoms with Crippen molar-refractivity contribution in [2.75, 3.05) is 53.4 Å². The van der Waals surface area contributed by atoms with Crippen LogP contribution in [0.3, 0.4) is 0 Å². The topological polar surface area (TPSA) is 52.1 Å². The van der Waals surface area contributed by atoms with Crippen molar-refractivity contribution < 1.29 is 4.74 Å². The Bertz CT molecular complexity index is 796. The Kier molecular flexibility index (Phi) is 9.18. The summed E-state index contributed by atoms with van der Waals surface area (Å²) in [6.07, 6.45) is 0.936. The molecule has 0 unspecified atom stereocenters. The van der Waals surface area contributed by atoms with Crippen molar-refractivity contribution >= 4 is 5.96 Å². The number of nitrogens with zero attached hydrogens (tertiary/aromatic N) is 3. The summed E-state index contributed by atoms with van der Waals surface area (Å²) in [6, 6.07) is 17.1. The molecule has 3 rings (SSSR count). The lowest BCUT2D eigenvalue weighted by Crippen LogP contribution is -2.45. The van der Waals surface area contributed by atoms with Gasteiger partial charge >= 0.3 is 0 Å². The Hall–Kier alpha value is -2.57. The number of nitrogens with one attached hydrogen (secondary N) is 2. The standard InChI is InChI=1S/C25H37N5O/c1-4-29-15-17-30(18-16-29)20-23-7-5-22(6-8-23)19-28-25(26-2)27-14-13-21-9-11-24(31-3)12-10-21/h5-12H,4,13-20H2,1-3H3,(H2,26,27,28). The van der Waals surface area contributed by atoms with Gasteiger partial charge in [-0.05, 0) is 41.8 Å². The SMILES string of the molecule is CCN1CCN(Cc2ccc(CNC(=NC)NCCc3ccc(OC)cc3)cc2)CC1. The summed E-state index contributed by atoms with van der Waals surface area (Å²) >= 11 is 0. The average Bonchev–Trinajstić information content (AvgIpc) is 2.83. The van der Waals surface area contributed by atoms with Crippen LogP contribution in [0, 0.1) is 0 Å². The molecule has 1 saturated heterocycles. The quantitative estimate of drug-likeness (QED) is 0.480. The lowest BCUT2D eigenvalue weighted by Gasteiger charge is -2.34. The summed E-state index contributed by atoms with van der Waals surface area (Å²) in [6.45, 7) is 10.7. The molecule has 1 aliphatic heterocycles. The van der Waals surface area contributed by atoms with Gasteiger partial charge in [0.1, 0.15) is 5.75 Å². The van der Waals surface area contributed by atoms with Crippen LogP contribution in [0.4, 0.5) is 0 Å². The molecule has 6 nitrogen and oxygen atoms in total. The zero-order chi connectivity index (χ0) is 21.9. The average molecular weight is 424 g/mol. The molecule has 31 heavy (non-hydrogen) atoms. The van der Waals surface area contributed by atoms with Crippen molar-refractivity contribution in [3.63, 3.8) is 0 Å². The molecule has 2 N–H and O–H groups in total. The largest absolute Gasteiger partial charge is 0.497 e. The number of ether oxygens (including phenoxy) is 1. The summed E-state index contributed by atoms with van der Waals surface area (Å²) in [4.78, 5) is 9.40. The smallest absolute Gasteiger partial charge is 0.191 e. The third kappa shape index (κ3) is 7.56. The number of hydrogen-bond donors (Lipinski definition) is 2. The molecule has 0 radical (unpaired) electrons. The van der Waals surface area contributed by atoms with Gasteiger partial charge in [-0.25, -0.2) is 0 Å². The number of methoxy groups -OCH3 is 1. The molecule has 0 aromatic heterocycles. The van der Waals surface area contributed by atoms with Crippen molar-refractivity contribution in [2.24, 2.45) is 4.99 Å². The Morgan fingerprint density at radius 3 is 2.10 bits per heavy atom. The van der Waals surface area contributed by atoms with Gasteiger partial charge < -0.3 is 20.3 Å². The fraction of sp³-hybridized carbons (Fsp3) is 0.480. The van der Waals surface area contributed by atoms with Gasteiger partial charge in [-0.3, -0.25) is 9.89 Å². The summed E-state index contributed by atoms with van der Waals surface area (Å²) in [5.41, 5.74) is 3.92. The molecule has 2 aromatic rings. The van der Waals surface area contributed by atoms with Crippen LogP contribution >= 0.6 is 0 Å². The minimum Gasteiger partial charge on any atom is -0.497 e. The van der Waals surface area contributed by atoms with Crippen molar-refractivity contribution in [3.05, 3.63) is 65.2 Å². The minimum atomic E-state index is 0.762. The maximum atomic E-state index is 5.21. The number of guanidine groups is 1. The second-order valence-electron chi connectivity index (χ2n) is 7.98. The Balaban J connectivity index is 1.38. The Morgan fingerprint density at radius 1 is 0.871 bits per heavy atom. The van der Waals surface area contributed by atoms with Crippen LogP contribution in [0.2, 0.25) is 0 Å². The maximum Gasteiger partial charge on any atom is 0.191 e. The van der Waals surface area contributed by atoms with Crippen LogP contribution in [0.5, 0.6) is 5.75 Å². The molecule has 1 fully saturated rings. The van der Waals surface area contributed by atoms with Gasteiger partial charge in [0, 0.05) is 52.9 Å². The number of benzene rings is 2. The highest BCUT2D eigenvalue weighted by Gasteiger charge is 2.15. The molecule has 0 aliphatic carbocycles. The monoisotopic (exact) mass is 423 g/mol. The molecular weight excluding hydrogens is 386 g/mol. The predicted molar refractivity (Wildman–Crippen MR) is 129 cm³/mol. The van der Waals surface area contributed by atoms with E-state index in [-0.39, 0.29) is 0 Å². The van der Waals surface area contributed by atoms with Gasteiger partial charge in [0.15, 0.2) is 5.96 Å². The van der Waals surface area contributed by atoms with E-state index in [1.807, 2.05) is 19.2 Å². The molecular formula is C25H37N5O. The summed E-state index contributed by atoms with van der Waals surface area (Å²) in [5, 5.41) is 6.79. The number of aliphatic imine (C=N–C) groups is 1. The third-order valence-electron chi connectivity index (χ3n) is 5.89. The van der Waals surface area contributed by atoms with Gasteiger partial charge in [0.05, 0.1) is 7.11 Å². The van der Waals surface area contributed by atoms with E-state index in [1.165, 1.54) is 29.8 Å². The molecule has 1 heterocycles. The zero-order valence-electron chi connectivity index (χ0n) is 19.2. The Morgan fingerprint density at radius 2 is 1.48 bits per heavy atom. The molecule has 1 aliphatic rings. The van der Waals surface area contributed by atoms with Gasteiger partial charge in [-0.15, -0.1) is 0 Å². The number of likely N-dealkylation sites (N-methyl/N-ethyl adjacent to an activating group) is 1. The van der Waals surface area contributed by atoms with Gasteiger partial charge in [0.2, 0.25) is 0 Å². The van der Waals surface area contributed by atoms with E-state index in [0.717, 1.165) is 57.4 Å². The van der Waals surface area contributed by atoms with Gasteiger partial charge in [0.25, 0.3) is 0 Å². The van der Waals surface area contributed by atoms with Crippen LogP contribution in [-0.4, -0.2) is 69.2 Å². The lowest BCUT2D eigenvalue weighted by molar-refractivity contribution is 0.132. The summed E-state index contributed by atoms with van der Waals surface area (Å²) in [7, 11) is 3.50. The molecule has 0 spiro atoms. The Labute approximate surface area is 187 Å². The fourth-order valence-corrected chi connectivity index (χ4v) is 3.81. The first-order valence-corrected chi connectivity index (χ1v) is 11.3. The third-order valence-corrected chi connectivity index (χ3v) is 5.89.